The zero-order chi connectivity index (χ0) is 16.3. The molecular formula is C14H24N6O2. The standard InChI is InChI=1S/C14H24N6O2/c1-8(2)12-17-13(19-14(18-12)20(3)4)16-7-9-5-6-10(22-9)11(15)21/h8-10H,5-7H2,1-4H3,(H2,15,21)(H,16,17,18,19). The van der Waals surface area contributed by atoms with E-state index in [1.807, 2.05) is 32.8 Å². The molecule has 0 spiro atoms. The van der Waals surface area contributed by atoms with E-state index in [1.165, 1.54) is 0 Å². The van der Waals surface area contributed by atoms with E-state index in [9.17, 15) is 4.79 Å². The second-order valence-corrected chi connectivity index (χ2v) is 5.97. The van der Waals surface area contributed by atoms with Gasteiger partial charge in [-0.3, -0.25) is 4.79 Å². The van der Waals surface area contributed by atoms with Crippen molar-refractivity contribution in [2.45, 2.75) is 44.8 Å². The molecule has 8 nitrogen and oxygen atoms in total. The number of nitrogens with zero attached hydrogens (tertiary/aromatic N) is 4. The number of hydrogen-bond acceptors (Lipinski definition) is 7. The molecule has 0 aliphatic carbocycles. The van der Waals surface area contributed by atoms with E-state index >= 15 is 0 Å². The van der Waals surface area contributed by atoms with Crippen LogP contribution in [0.25, 0.3) is 0 Å². The molecular weight excluding hydrogens is 284 g/mol. The highest BCUT2D eigenvalue weighted by atomic mass is 16.5. The van der Waals surface area contributed by atoms with Gasteiger partial charge in [0.2, 0.25) is 17.8 Å². The highest BCUT2D eigenvalue weighted by molar-refractivity contribution is 5.79. The maximum Gasteiger partial charge on any atom is 0.246 e. The van der Waals surface area contributed by atoms with Crippen LogP contribution in [-0.2, 0) is 9.53 Å². The Morgan fingerprint density at radius 1 is 1.36 bits per heavy atom. The fourth-order valence-corrected chi connectivity index (χ4v) is 2.19. The van der Waals surface area contributed by atoms with Gasteiger partial charge in [-0.2, -0.15) is 15.0 Å². The highest BCUT2D eigenvalue weighted by Gasteiger charge is 2.29. The molecule has 0 saturated carbocycles. The fourth-order valence-electron chi connectivity index (χ4n) is 2.19. The summed E-state index contributed by atoms with van der Waals surface area (Å²) in [4.78, 5) is 26.2. The van der Waals surface area contributed by atoms with E-state index < -0.39 is 12.0 Å². The zero-order valence-corrected chi connectivity index (χ0v) is 13.5. The van der Waals surface area contributed by atoms with Crippen molar-refractivity contribution in [3.8, 4) is 0 Å². The van der Waals surface area contributed by atoms with E-state index in [0.717, 1.165) is 12.2 Å². The number of hydrogen-bond donors (Lipinski definition) is 2. The lowest BCUT2D eigenvalue weighted by atomic mass is 10.2. The Morgan fingerprint density at radius 3 is 2.64 bits per heavy atom. The highest BCUT2D eigenvalue weighted by Crippen LogP contribution is 2.20. The molecule has 2 rings (SSSR count). The van der Waals surface area contributed by atoms with Gasteiger partial charge in [-0.1, -0.05) is 13.8 Å². The summed E-state index contributed by atoms with van der Waals surface area (Å²) >= 11 is 0. The van der Waals surface area contributed by atoms with Crippen LogP contribution < -0.4 is 16.0 Å². The van der Waals surface area contributed by atoms with Crippen molar-refractivity contribution in [2.24, 2.45) is 5.73 Å². The number of anilines is 2. The van der Waals surface area contributed by atoms with Gasteiger partial charge < -0.3 is 20.7 Å². The quantitative estimate of drug-likeness (QED) is 0.788. The average Bonchev–Trinajstić information content (AvgIpc) is 2.93. The van der Waals surface area contributed by atoms with Crippen molar-refractivity contribution >= 4 is 17.8 Å². The number of ether oxygens (including phenoxy) is 1. The smallest absolute Gasteiger partial charge is 0.246 e. The van der Waals surface area contributed by atoms with Crippen LogP contribution in [0.4, 0.5) is 11.9 Å². The second kappa shape index (κ2) is 6.87. The average molecular weight is 308 g/mol. The van der Waals surface area contributed by atoms with Gasteiger partial charge in [0, 0.05) is 26.6 Å². The number of carbonyl (C=O) groups excluding carboxylic acids is 1. The minimum absolute atomic E-state index is 0.0560. The van der Waals surface area contributed by atoms with E-state index in [-0.39, 0.29) is 12.0 Å². The minimum atomic E-state index is -0.478. The summed E-state index contributed by atoms with van der Waals surface area (Å²) in [7, 11) is 3.78. The molecule has 122 valence electrons. The largest absolute Gasteiger partial charge is 0.367 e. The molecule has 0 bridgehead atoms. The van der Waals surface area contributed by atoms with Gasteiger partial charge >= 0.3 is 0 Å². The number of primary amides is 1. The summed E-state index contributed by atoms with van der Waals surface area (Å²) in [6, 6.07) is 0. The molecule has 0 aromatic carbocycles. The molecule has 1 aromatic heterocycles. The predicted octanol–water partition coefficient (Wildman–Crippen LogP) is 0.506. The van der Waals surface area contributed by atoms with Gasteiger partial charge in [-0.15, -0.1) is 0 Å². The van der Waals surface area contributed by atoms with Crippen LogP contribution in [0, 0.1) is 0 Å². The van der Waals surface area contributed by atoms with Gasteiger partial charge in [0.05, 0.1) is 6.10 Å². The maximum atomic E-state index is 11.1. The van der Waals surface area contributed by atoms with Gasteiger partial charge in [0.1, 0.15) is 11.9 Å². The molecule has 22 heavy (non-hydrogen) atoms. The molecule has 2 atom stereocenters. The molecule has 1 fully saturated rings. The van der Waals surface area contributed by atoms with Crippen LogP contribution in [0.2, 0.25) is 0 Å². The second-order valence-electron chi connectivity index (χ2n) is 5.97. The number of aromatic nitrogens is 3. The van der Waals surface area contributed by atoms with Gasteiger partial charge in [-0.25, -0.2) is 0 Å². The number of nitrogens with two attached hydrogens (primary N) is 1. The van der Waals surface area contributed by atoms with Gasteiger partial charge in [-0.05, 0) is 12.8 Å². The molecule has 1 amide bonds. The van der Waals surface area contributed by atoms with Crippen molar-refractivity contribution in [3.63, 3.8) is 0 Å². The van der Waals surface area contributed by atoms with E-state index in [2.05, 4.69) is 20.3 Å². The minimum Gasteiger partial charge on any atom is -0.367 e. The molecule has 1 aromatic rings. The predicted molar refractivity (Wildman–Crippen MR) is 83.8 cm³/mol. The van der Waals surface area contributed by atoms with Crippen molar-refractivity contribution in [1.82, 2.24) is 15.0 Å². The van der Waals surface area contributed by atoms with E-state index in [1.54, 1.807) is 0 Å². The molecule has 2 unspecified atom stereocenters. The number of carbonyl (C=O) groups is 1. The van der Waals surface area contributed by atoms with E-state index in [0.29, 0.717) is 24.9 Å². The first-order valence-electron chi connectivity index (χ1n) is 7.48. The normalized spacial score (nSPS) is 21.1. The molecule has 1 aliphatic heterocycles. The van der Waals surface area contributed by atoms with Gasteiger partial charge in [0.15, 0.2) is 0 Å². The van der Waals surface area contributed by atoms with Crippen LogP contribution in [0.1, 0.15) is 38.4 Å². The number of amides is 1. The lowest BCUT2D eigenvalue weighted by Gasteiger charge is -2.16. The summed E-state index contributed by atoms with van der Waals surface area (Å²) < 4.78 is 5.58. The number of nitrogens with one attached hydrogen (secondary N) is 1. The molecule has 2 heterocycles. The maximum absolute atomic E-state index is 11.1. The Kier molecular flexibility index (Phi) is 5.12. The first kappa shape index (κ1) is 16.4. The lowest BCUT2D eigenvalue weighted by molar-refractivity contribution is -0.128. The van der Waals surface area contributed by atoms with Crippen LogP contribution in [0.5, 0.6) is 0 Å². The SMILES string of the molecule is CC(C)c1nc(NCC2CCC(C(N)=O)O2)nc(N(C)C)n1. The third kappa shape index (κ3) is 4.03. The summed E-state index contributed by atoms with van der Waals surface area (Å²) in [6.45, 7) is 4.62. The van der Waals surface area contributed by atoms with Crippen LogP contribution in [0.15, 0.2) is 0 Å². The Morgan fingerprint density at radius 2 is 2.09 bits per heavy atom. The topological polar surface area (TPSA) is 106 Å². The van der Waals surface area contributed by atoms with Crippen LogP contribution in [-0.4, -0.2) is 53.7 Å². The van der Waals surface area contributed by atoms with Crippen molar-refractivity contribution < 1.29 is 9.53 Å². The molecule has 0 radical (unpaired) electrons. The molecule has 8 heteroatoms. The molecule has 1 aliphatic rings. The van der Waals surface area contributed by atoms with Gasteiger partial charge in [0.25, 0.3) is 0 Å². The van der Waals surface area contributed by atoms with E-state index in [4.69, 9.17) is 10.5 Å². The molecule has 1 saturated heterocycles. The summed E-state index contributed by atoms with van der Waals surface area (Å²) in [5.41, 5.74) is 5.25. The molecule has 3 N–H and O–H groups in total. The number of rotatable bonds is 6. The Bertz CT molecular complexity index is 508. The van der Waals surface area contributed by atoms with Crippen LogP contribution in [0.3, 0.4) is 0 Å². The summed E-state index contributed by atoms with van der Waals surface area (Å²) in [6.07, 6.45) is 0.927. The first-order valence-corrected chi connectivity index (χ1v) is 7.48. The van der Waals surface area contributed by atoms with Crippen molar-refractivity contribution in [2.75, 3.05) is 30.9 Å². The monoisotopic (exact) mass is 308 g/mol. The van der Waals surface area contributed by atoms with Crippen molar-refractivity contribution in [3.05, 3.63) is 5.82 Å². The third-order valence-electron chi connectivity index (χ3n) is 3.47. The van der Waals surface area contributed by atoms with Crippen molar-refractivity contribution in [1.29, 1.82) is 0 Å². The summed E-state index contributed by atoms with van der Waals surface area (Å²) in [5.74, 6) is 1.68. The summed E-state index contributed by atoms with van der Waals surface area (Å²) in [5, 5.41) is 3.17. The van der Waals surface area contributed by atoms with Crippen LogP contribution >= 0.6 is 0 Å². The lowest BCUT2D eigenvalue weighted by Crippen LogP contribution is -2.30. The first-order chi connectivity index (χ1) is 10.4. The zero-order valence-electron chi connectivity index (χ0n) is 13.5. The Hall–Kier alpha value is -1.96. The Balaban J connectivity index is 2.02. The Labute approximate surface area is 130 Å². The third-order valence-corrected chi connectivity index (χ3v) is 3.47. The fraction of sp³-hybridized carbons (Fsp3) is 0.714.